The van der Waals surface area contributed by atoms with E-state index in [2.05, 4.69) is 27.4 Å². The molecule has 5 nitrogen and oxygen atoms in total. The summed E-state index contributed by atoms with van der Waals surface area (Å²) in [6, 6.07) is 0. The van der Waals surface area contributed by atoms with Crippen LogP contribution in [-0.2, 0) is 14.3 Å². The van der Waals surface area contributed by atoms with Crippen LogP contribution in [0, 0.1) is 34.0 Å². The van der Waals surface area contributed by atoms with Gasteiger partial charge in [0.1, 0.15) is 18.5 Å². The molecule has 2 N–H and O–H groups in total. The van der Waals surface area contributed by atoms with Gasteiger partial charge >= 0.3 is 5.97 Å². The Bertz CT molecular complexity index is 645. The first-order chi connectivity index (χ1) is 12.6. The van der Waals surface area contributed by atoms with Crippen LogP contribution in [0.3, 0.4) is 0 Å². The fraction of sp³-hybridized carbons (Fsp3) is 0.818. The maximum absolute atomic E-state index is 13.1. The van der Waals surface area contributed by atoms with Crippen molar-refractivity contribution in [1.82, 2.24) is 0 Å². The van der Waals surface area contributed by atoms with Gasteiger partial charge in [-0.1, -0.05) is 33.8 Å². The molecule has 0 saturated heterocycles. The van der Waals surface area contributed by atoms with Gasteiger partial charge in [-0.3, -0.25) is 4.79 Å². The molecule has 8 atom stereocenters. The summed E-state index contributed by atoms with van der Waals surface area (Å²) in [6.07, 6.45) is 4.10. The van der Waals surface area contributed by atoms with Gasteiger partial charge in [0.2, 0.25) is 0 Å². The highest BCUT2D eigenvalue weighted by atomic mass is 16.6. The van der Waals surface area contributed by atoms with Crippen molar-refractivity contribution in [1.29, 1.82) is 0 Å². The molecule has 3 rings (SSSR count). The summed E-state index contributed by atoms with van der Waals surface area (Å²) in [5.41, 5.74) is -1.43. The summed E-state index contributed by atoms with van der Waals surface area (Å²) >= 11 is 0. The third kappa shape index (κ3) is 2.72. The van der Waals surface area contributed by atoms with Crippen molar-refractivity contribution in [3.8, 4) is 0 Å². The molecule has 3 aliphatic carbocycles. The van der Waals surface area contributed by atoms with Crippen LogP contribution in [0.4, 0.5) is 0 Å². The number of Topliss-reactive ketones (excluding diaryl/α,β-unsaturated/α-hetero) is 1. The summed E-state index contributed by atoms with van der Waals surface area (Å²) in [7, 11) is 0. The van der Waals surface area contributed by atoms with Gasteiger partial charge in [0.25, 0.3) is 0 Å². The van der Waals surface area contributed by atoms with E-state index in [1.54, 1.807) is 6.08 Å². The molecule has 3 fully saturated rings. The van der Waals surface area contributed by atoms with Crippen molar-refractivity contribution in [2.45, 2.75) is 72.0 Å². The molecular formula is C22H34O5. The SMILES string of the molecule is C=C[C@]1(C)C[C@@H](OC(=O)CO)[C@]2(C)C(C)CCC3(CCC(=O)C32)[C@@H](C)C1O. The zero-order chi connectivity index (χ0) is 20.2. The first-order valence-corrected chi connectivity index (χ1v) is 10.2. The highest BCUT2D eigenvalue weighted by Gasteiger charge is 2.68. The largest absolute Gasteiger partial charge is 0.460 e. The first kappa shape index (κ1) is 20.5. The molecule has 0 heterocycles. The minimum Gasteiger partial charge on any atom is -0.460 e. The summed E-state index contributed by atoms with van der Waals surface area (Å²) < 4.78 is 5.77. The number of aliphatic hydroxyl groups is 2. The number of esters is 1. The average Bonchev–Trinajstić information content (AvgIpc) is 3.00. The lowest BCUT2D eigenvalue weighted by Gasteiger charge is -2.61. The fourth-order valence-electron chi connectivity index (χ4n) is 6.70. The predicted octanol–water partition coefficient (Wildman–Crippen LogP) is 2.89. The van der Waals surface area contributed by atoms with Crippen molar-refractivity contribution < 1.29 is 24.5 Å². The highest BCUT2D eigenvalue weighted by Crippen LogP contribution is 2.67. The number of carbonyl (C=O) groups excluding carboxylic acids is 2. The van der Waals surface area contributed by atoms with Crippen LogP contribution in [0.2, 0.25) is 0 Å². The number of hydrogen-bond acceptors (Lipinski definition) is 5. The molecule has 3 aliphatic rings. The van der Waals surface area contributed by atoms with E-state index < -0.39 is 35.6 Å². The third-order valence-corrected chi connectivity index (χ3v) is 8.70. The molecule has 3 saturated carbocycles. The van der Waals surface area contributed by atoms with Gasteiger partial charge < -0.3 is 14.9 Å². The van der Waals surface area contributed by atoms with Gasteiger partial charge in [0, 0.05) is 23.2 Å². The number of carbonyl (C=O) groups is 2. The van der Waals surface area contributed by atoms with Gasteiger partial charge in [-0.25, -0.2) is 4.79 Å². The van der Waals surface area contributed by atoms with Crippen molar-refractivity contribution in [3.05, 3.63) is 12.7 Å². The smallest absolute Gasteiger partial charge is 0.332 e. The minimum absolute atomic E-state index is 0.0433. The molecule has 0 aromatic carbocycles. The second-order valence-corrected chi connectivity index (χ2v) is 9.72. The van der Waals surface area contributed by atoms with Crippen LogP contribution in [0.1, 0.15) is 59.8 Å². The zero-order valence-corrected chi connectivity index (χ0v) is 17.0. The molecular weight excluding hydrogens is 344 g/mol. The van der Waals surface area contributed by atoms with Crippen LogP contribution < -0.4 is 0 Å². The lowest BCUT2D eigenvalue weighted by atomic mass is 9.44. The number of hydrogen-bond donors (Lipinski definition) is 2. The molecule has 0 aliphatic heterocycles. The van der Waals surface area contributed by atoms with Crippen LogP contribution in [0.25, 0.3) is 0 Å². The van der Waals surface area contributed by atoms with Crippen molar-refractivity contribution in [2.75, 3.05) is 6.61 Å². The van der Waals surface area contributed by atoms with Crippen LogP contribution >= 0.6 is 0 Å². The second-order valence-electron chi connectivity index (χ2n) is 9.72. The lowest BCUT2D eigenvalue weighted by molar-refractivity contribution is -0.207. The summed E-state index contributed by atoms with van der Waals surface area (Å²) in [5.74, 6) is -0.520. The van der Waals surface area contributed by atoms with E-state index in [9.17, 15) is 19.8 Å². The Balaban J connectivity index is 2.21. The monoisotopic (exact) mass is 378 g/mol. The molecule has 4 unspecified atom stereocenters. The molecule has 152 valence electrons. The van der Waals surface area contributed by atoms with Gasteiger partial charge in [0.15, 0.2) is 0 Å². The Morgan fingerprint density at radius 1 is 1.33 bits per heavy atom. The molecule has 0 spiro atoms. The van der Waals surface area contributed by atoms with E-state index in [4.69, 9.17) is 4.74 Å². The standard InChI is InChI=1S/C22H34O5/c1-6-20(4)11-16(27-17(25)12-23)21(5)13(2)7-9-22(14(3)19(20)26)10-8-15(24)18(21)22/h6,13-14,16,18-19,23,26H,1,7-12H2,2-5H3/t13?,14-,16+,18?,19?,20+,21-,22?/m0/s1. The number of aliphatic hydroxyl groups excluding tert-OH is 2. The molecule has 0 radical (unpaired) electrons. The Labute approximate surface area is 162 Å². The van der Waals surface area contributed by atoms with Gasteiger partial charge in [0.05, 0.1) is 6.10 Å². The second kappa shape index (κ2) is 6.70. The van der Waals surface area contributed by atoms with Gasteiger partial charge in [-0.15, -0.1) is 6.58 Å². The number of ketones is 1. The lowest BCUT2D eigenvalue weighted by Crippen LogP contribution is -2.63. The van der Waals surface area contributed by atoms with Gasteiger partial charge in [-0.05, 0) is 42.9 Å². The quantitative estimate of drug-likeness (QED) is 0.583. The summed E-state index contributed by atoms with van der Waals surface area (Å²) in [5, 5.41) is 20.6. The maximum atomic E-state index is 13.1. The van der Waals surface area contributed by atoms with E-state index in [0.29, 0.717) is 12.8 Å². The molecule has 27 heavy (non-hydrogen) atoms. The Morgan fingerprint density at radius 3 is 2.59 bits per heavy atom. The van der Waals surface area contributed by atoms with E-state index >= 15 is 0 Å². The van der Waals surface area contributed by atoms with E-state index in [1.165, 1.54) is 0 Å². The zero-order valence-electron chi connectivity index (χ0n) is 17.0. The normalized spacial score (nSPS) is 49.7. The Hall–Kier alpha value is -1.20. The fourth-order valence-corrected chi connectivity index (χ4v) is 6.70. The van der Waals surface area contributed by atoms with Crippen LogP contribution in [0.5, 0.6) is 0 Å². The van der Waals surface area contributed by atoms with Gasteiger partial charge in [-0.2, -0.15) is 0 Å². The molecule has 5 heteroatoms. The summed E-state index contributed by atoms with van der Waals surface area (Å²) in [6.45, 7) is 11.5. The summed E-state index contributed by atoms with van der Waals surface area (Å²) in [4.78, 5) is 25.2. The topological polar surface area (TPSA) is 83.8 Å². The predicted molar refractivity (Wildman–Crippen MR) is 102 cm³/mol. The van der Waals surface area contributed by atoms with E-state index in [1.807, 2.05) is 6.92 Å². The maximum Gasteiger partial charge on any atom is 0.332 e. The van der Waals surface area contributed by atoms with Crippen molar-refractivity contribution in [3.63, 3.8) is 0 Å². The molecule has 0 aromatic heterocycles. The average molecular weight is 379 g/mol. The Morgan fingerprint density at radius 2 is 2.00 bits per heavy atom. The molecule has 0 aromatic rings. The molecule has 2 bridgehead atoms. The Kier molecular flexibility index (Phi) is 5.09. The van der Waals surface area contributed by atoms with Crippen molar-refractivity contribution in [2.24, 2.45) is 34.0 Å². The van der Waals surface area contributed by atoms with Crippen LogP contribution in [-0.4, -0.2) is 40.8 Å². The first-order valence-electron chi connectivity index (χ1n) is 10.2. The number of rotatable bonds is 3. The highest BCUT2D eigenvalue weighted by molar-refractivity contribution is 5.85. The van der Waals surface area contributed by atoms with E-state index in [-0.39, 0.29) is 29.0 Å². The number of ether oxygens (including phenoxy) is 1. The minimum atomic E-state index is -0.686. The van der Waals surface area contributed by atoms with E-state index in [0.717, 1.165) is 19.3 Å². The molecule has 0 amide bonds. The van der Waals surface area contributed by atoms with Crippen LogP contribution in [0.15, 0.2) is 12.7 Å². The third-order valence-electron chi connectivity index (χ3n) is 8.70. The van der Waals surface area contributed by atoms with Crippen molar-refractivity contribution >= 4 is 11.8 Å².